The fourth-order valence-corrected chi connectivity index (χ4v) is 4.96. The summed E-state index contributed by atoms with van der Waals surface area (Å²) in [6.07, 6.45) is 3.62. The number of rotatable bonds is 4. The van der Waals surface area contributed by atoms with Gasteiger partial charge in [0.2, 0.25) is 0 Å². The van der Waals surface area contributed by atoms with Gasteiger partial charge in [-0.2, -0.15) is 0 Å². The van der Waals surface area contributed by atoms with E-state index in [0.29, 0.717) is 0 Å². The highest BCUT2D eigenvalue weighted by Crippen LogP contribution is 2.35. The summed E-state index contributed by atoms with van der Waals surface area (Å²) in [4.78, 5) is 19.2. The van der Waals surface area contributed by atoms with Gasteiger partial charge in [-0.1, -0.05) is 72.8 Å². The lowest BCUT2D eigenvalue weighted by Crippen LogP contribution is -2.10. The predicted octanol–water partition coefficient (Wildman–Crippen LogP) is 8.22. The van der Waals surface area contributed by atoms with Gasteiger partial charge in [0.1, 0.15) is 0 Å². The molecule has 38 heavy (non-hydrogen) atoms. The lowest BCUT2D eigenvalue weighted by molar-refractivity contribution is 1.32. The Hall–Kier alpha value is -5.22. The third kappa shape index (κ3) is 3.98. The number of nitrogens with zero attached hydrogens (tertiary/aromatic N) is 4. The lowest BCUT2D eigenvalue weighted by atomic mass is 10.1. The summed E-state index contributed by atoms with van der Waals surface area (Å²) in [5.74, 6) is 0. The number of benzene rings is 4. The molecule has 0 saturated carbocycles. The first-order valence-electron chi connectivity index (χ1n) is 12.6. The van der Waals surface area contributed by atoms with Crippen LogP contribution in [-0.4, -0.2) is 21.4 Å². The van der Waals surface area contributed by atoms with Crippen LogP contribution < -0.4 is 0 Å². The molecule has 7 rings (SSSR count). The quantitative estimate of drug-likeness (QED) is 0.252. The van der Waals surface area contributed by atoms with Crippen molar-refractivity contribution >= 4 is 33.6 Å². The maximum atomic E-state index is 5.13. The predicted molar refractivity (Wildman–Crippen MR) is 156 cm³/mol. The van der Waals surface area contributed by atoms with Gasteiger partial charge in [-0.05, 0) is 53.9 Å². The van der Waals surface area contributed by atoms with E-state index in [2.05, 4.69) is 70.6 Å². The largest absolute Gasteiger partial charge is 0.256 e. The first-order valence-corrected chi connectivity index (χ1v) is 12.6. The average Bonchev–Trinajstić information content (AvgIpc) is 3.28. The fourth-order valence-electron chi connectivity index (χ4n) is 4.96. The van der Waals surface area contributed by atoms with Crippen LogP contribution in [0.5, 0.6) is 0 Å². The van der Waals surface area contributed by atoms with Crippen molar-refractivity contribution in [3.8, 4) is 22.5 Å². The number of aromatic nitrogens is 2. The molecule has 0 aliphatic heterocycles. The van der Waals surface area contributed by atoms with E-state index >= 15 is 0 Å². The molecule has 0 fully saturated rings. The third-order valence-electron chi connectivity index (χ3n) is 6.78. The van der Waals surface area contributed by atoms with Crippen LogP contribution in [0.4, 0.5) is 11.4 Å². The Kier molecular flexibility index (Phi) is 5.41. The van der Waals surface area contributed by atoms with E-state index in [1.165, 1.54) is 10.8 Å². The van der Waals surface area contributed by atoms with Gasteiger partial charge >= 0.3 is 0 Å². The molecule has 1 aliphatic rings. The van der Waals surface area contributed by atoms with Crippen LogP contribution in [0.15, 0.2) is 144 Å². The van der Waals surface area contributed by atoms with Gasteiger partial charge < -0.3 is 0 Å². The molecule has 2 aromatic heterocycles. The lowest BCUT2D eigenvalue weighted by Gasteiger charge is -2.06. The van der Waals surface area contributed by atoms with Crippen LogP contribution in [0.1, 0.15) is 11.1 Å². The molecule has 0 N–H and O–H groups in total. The molecule has 2 heterocycles. The number of pyridine rings is 2. The highest BCUT2D eigenvalue weighted by molar-refractivity contribution is 6.61. The van der Waals surface area contributed by atoms with Gasteiger partial charge in [-0.15, -0.1) is 0 Å². The normalized spacial score (nSPS) is 14.4. The van der Waals surface area contributed by atoms with E-state index in [9.17, 15) is 0 Å². The zero-order valence-corrected chi connectivity index (χ0v) is 20.5. The van der Waals surface area contributed by atoms with Crippen molar-refractivity contribution in [2.75, 3.05) is 0 Å². The molecule has 0 spiro atoms. The maximum absolute atomic E-state index is 5.13. The molecular weight excluding hydrogens is 464 g/mol. The van der Waals surface area contributed by atoms with E-state index in [1.54, 1.807) is 0 Å². The second kappa shape index (κ2) is 9.34. The molecule has 0 saturated heterocycles. The van der Waals surface area contributed by atoms with Crippen LogP contribution in [0, 0.1) is 0 Å². The SMILES string of the molecule is c1ccc(-c2ccc(N=C3C(=Nc4ccc(-c5ccccn5)cc4)c4cccc5cccc3c45)cc2)nc1. The maximum Gasteiger partial charge on any atom is 0.0978 e. The highest BCUT2D eigenvalue weighted by Gasteiger charge is 2.27. The van der Waals surface area contributed by atoms with E-state index in [4.69, 9.17) is 9.98 Å². The summed E-state index contributed by atoms with van der Waals surface area (Å²) in [6.45, 7) is 0. The summed E-state index contributed by atoms with van der Waals surface area (Å²) >= 11 is 0. The third-order valence-corrected chi connectivity index (χ3v) is 6.78. The second-order valence-corrected chi connectivity index (χ2v) is 9.15. The zero-order valence-electron chi connectivity index (χ0n) is 20.5. The minimum absolute atomic E-state index is 0.877. The van der Waals surface area contributed by atoms with E-state index in [1.807, 2.05) is 73.1 Å². The van der Waals surface area contributed by atoms with Gasteiger partial charge in [-0.3, -0.25) is 9.97 Å². The molecule has 1 aliphatic carbocycles. The summed E-state index contributed by atoms with van der Waals surface area (Å²) in [5.41, 5.74) is 9.76. The molecule has 4 heteroatoms. The van der Waals surface area contributed by atoms with Crippen molar-refractivity contribution in [1.29, 1.82) is 0 Å². The summed E-state index contributed by atoms with van der Waals surface area (Å²) < 4.78 is 0. The molecule has 4 aromatic carbocycles. The average molecular weight is 487 g/mol. The Morgan fingerprint density at radius 2 is 0.895 bits per heavy atom. The number of hydrogen-bond donors (Lipinski definition) is 0. The van der Waals surface area contributed by atoms with Crippen LogP contribution in [0.2, 0.25) is 0 Å². The molecule has 6 aromatic rings. The molecule has 0 bridgehead atoms. The molecule has 178 valence electrons. The zero-order chi connectivity index (χ0) is 25.3. The fraction of sp³-hybridized carbons (Fsp3) is 0. The first-order chi connectivity index (χ1) is 18.8. The van der Waals surface area contributed by atoms with Gasteiger partial charge in [-0.25, -0.2) is 9.98 Å². The molecule has 0 amide bonds. The molecule has 0 atom stereocenters. The monoisotopic (exact) mass is 486 g/mol. The smallest absolute Gasteiger partial charge is 0.0978 e. The Balaban J connectivity index is 1.32. The van der Waals surface area contributed by atoms with Gasteiger partial charge in [0, 0.05) is 40.0 Å². The van der Waals surface area contributed by atoms with Crippen molar-refractivity contribution in [2.45, 2.75) is 0 Å². The van der Waals surface area contributed by atoms with Crippen molar-refractivity contribution < 1.29 is 0 Å². The first kappa shape index (κ1) is 22.0. The van der Waals surface area contributed by atoms with Crippen molar-refractivity contribution in [2.24, 2.45) is 9.98 Å². The van der Waals surface area contributed by atoms with E-state index in [0.717, 1.165) is 56.4 Å². The summed E-state index contributed by atoms with van der Waals surface area (Å²) in [6, 6.07) is 41.1. The van der Waals surface area contributed by atoms with E-state index in [-0.39, 0.29) is 0 Å². The van der Waals surface area contributed by atoms with E-state index < -0.39 is 0 Å². The van der Waals surface area contributed by atoms with Crippen LogP contribution >= 0.6 is 0 Å². The Morgan fingerprint density at radius 1 is 0.421 bits per heavy atom. The van der Waals surface area contributed by atoms with Crippen molar-refractivity contribution in [3.05, 3.63) is 145 Å². The van der Waals surface area contributed by atoms with Crippen molar-refractivity contribution in [3.63, 3.8) is 0 Å². The topological polar surface area (TPSA) is 50.5 Å². The van der Waals surface area contributed by atoms with Gasteiger partial charge in [0.05, 0.1) is 34.2 Å². The Morgan fingerprint density at radius 3 is 1.32 bits per heavy atom. The molecule has 4 nitrogen and oxygen atoms in total. The highest BCUT2D eigenvalue weighted by atomic mass is 14.8. The van der Waals surface area contributed by atoms with Crippen LogP contribution in [-0.2, 0) is 0 Å². The molecular formula is C34H22N4. The number of hydrogen-bond acceptors (Lipinski definition) is 4. The Bertz CT molecular complexity index is 1690. The van der Waals surface area contributed by atoms with Gasteiger partial charge in [0.25, 0.3) is 0 Å². The van der Waals surface area contributed by atoms with Crippen LogP contribution in [0.25, 0.3) is 33.3 Å². The minimum atomic E-state index is 0.877. The van der Waals surface area contributed by atoms with Gasteiger partial charge in [0.15, 0.2) is 0 Å². The summed E-state index contributed by atoms with van der Waals surface area (Å²) in [5, 5.41) is 2.39. The van der Waals surface area contributed by atoms with Crippen LogP contribution in [0.3, 0.4) is 0 Å². The summed E-state index contributed by atoms with van der Waals surface area (Å²) in [7, 11) is 0. The van der Waals surface area contributed by atoms with Crippen molar-refractivity contribution in [1.82, 2.24) is 9.97 Å². The molecule has 0 unspecified atom stereocenters. The number of aliphatic imine (C=N–C) groups is 2. The minimum Gasteiger partial charge on any atom is -0.256 e. The Labute approximate surface area is 220 Å². The standard InChI is InChI=1S/C34H22N4/c1-3-21-35-30(11-1)23-13-17-26(18-14-23)37-33-28-9-5-7-25-8-6-10-29(32(25)28)34(33)38-27-19-15-24(16-20-27)31-12-2-4-22-36-31/h1-22H. The second-order valence-electron chi connectivity index (χ2n) is 9.15. The molecule has 0 radical (unpaired) electrons.